The van der Waals surface area contributed by atoms with E-state index in [9.17, 15) is 30.7 Å². The van der Waals surface area contributed by atoms with Gasteiger partial charge in [0.25, 0.3) is 0 Å². The van der Waals surface area contributed by atoms with Crippen LogP contribution in [0, 0.1) is 0 Å². The normalized spacial score (nSPS) is 15.3. The topological polar surface area (TPSA) is 20.2 Å². The summed E-state index contributed by atoms with van der Waals surface area (Å²) >= 11 is 0. The summed E-state index contributed by atoms with van der Waals surface area (Å²) < 4.78 is 77.3. The molecule has 0 saturated carbocycles. The molecule has 11 heavy (non-hydrogen) atoms. The van der Waals surface area contributed by atoms with Crippen LogP contribution >= 0.6 is 0 Å². The molecule has 0 unspecified atom stereocenters. The first-order valence-corrected chi connectivity index (χ1v) is 2.05. The Kier molecular flexibility index (Phi) is 2.12. The lowest BCUT2D eigenvalue weighted by molar-refractivity contribution is -0.417. The minimum absolute atomic E-state index is 6.12. The molecule has 0 aliphatic rings. The van der Waals surface area contributed by atoms with Crippen LogP contribution in [0.25, 0.3) is 0 Å². The fraction of sp³-hybridized carbons (Fsp3) is 1.00. The predicted octanol–water partition coefficient (Wildman–Crippen LogP) is 1.77. The lowest BCUT2D eigenvalue weighted by Gasteiger charge is -2.23. The maximum Gasteiger partial charge on any atom is 0.458 e. The third kappa shape index (κ3) is 1.73. The van der Waals surface area contributed by atoms with Crippen molar-refractivity contribution in [3.8, 4) is 0 Å². The Morgan fingerprint density at radius 3 is 0.818 bits per heavy atom. The zero-order valence-electron chi connectivity index (χ0n) is 4.59. The van der Waals surface area contributed by atoms with E-state index in [0.29, 0.717) is 0 Å². The zero-order valence-corrected chi connectivity index (χ0v) is 4.59. The molecule has 0 bridgehead atoms. The van der Waals surface area contributed by atoms with E-state index in [1.807, 2.05) is 0 Å². The van der Waals surface area contributed by atoms with Gasteiger partial charge in [0.1, 0.15) is 0 Å². The molecule has 0 aliphatic heterocycles. The van der Waals surface area contributed by atoms with Gasteiger partial charge in [-0.25, -0.2) is 0 Å². The van der Waals surface area contributed by atoms with Gasteiger partial charge < -0.3 is 5.11 Å². The Hall–Kier alpha value is -0.530. The molecule has 8 heteroatoms. The van der Waals surface area contributed by atoms with Gasteiger partial charge in [0.2, 0.25) is 0 Å². The van der Waals surface area contributed by atoms with Gasteiger partial charge in [-0.3, -0.25) is 0 Å². The van der Waals surface area contributed by atoms with Crippen LogP contribution in [-0.4, -0.2) is 23.3 Å². The highest BCUT2D eigenvalue weighted by molar-refractivity contribution is 4.82. The van der Waals surface area contributed by atoms with Crippen molar-refractivity contribution >= 4 is 0 Å². The van der Waals surface area contributed by atoms with Gasteiger partial charge in [-0.15, -0.1) is 0 Å². The number of halogens is 7. The fourth-order valence-corrected chi connectivity index (χ4v) is 0.161. The monoisotopic (exact) mass is 186 g/mol. The first-order valence-electron chi connectivity index (χ1n) is 2.05. The molecule has 0 spiro atoms. The Balaban J connectivity index is 4.75. The van der Waals surface area contributed by atoms with Gasteiger partial charge >= 0.3 is 18.2 Å². The zero-order chi connectivity index (χ0) is 9.50. The molecule has 0 saturated heterocycles. The van der Waals surface area contributed by atoms with Crippen LogP contribution in [0.4, 0.5) is 30.7 Å². The van der Waals surface area contributed by atoms with Crippen LogP contribution in [-0.2, 0) is 0 Å². The first-order chi connectivity index (χ1) is 4.50. The van der Waals surface area contributed by atoms with Crippen molar-refractivity contribution in [2.45, 2.75) is 18.2 Å². The van der Waals surface area contributed by atoms with Crippen molar-refractivity contribution in [1.82, 2.24) is 0 Å². The lowest BCUT2D eigenvalue weighted by atomic mass is 10.3. The molecule has 0 amide bonds. The van der Waals surface area contributed by atoms with Gasteiger partial charge in [-0.1, -0.05) is 0 Å². The minimum atomic E-state index is -6.36. The number of hydrogen-bond acceptors (Lipinski definition) is 1. The number of alkyl halides is 7. The largest absolute Gasteiger partial charge is 0.458 e. The van der Waals surface area contributed by atoms with E-state index in [1.54, 1.807) is 0 Å². The van der Waals surface area contributed by atoms with E-state index in [1.165, 1.54) is 0 Å². The van der Waals surface area contributed by atoms with Crippen LogP contribution in [0.2, 0.25) is 0 Å². The molecule has 1 nitrogen and oxygen atoms in total. The average Bonchev–Trinajstić information content (AvgIpc) is 1.58. The summed E-state index contributed by atoms with van der Waals surface area (Å²) in [7, 11) is 0. The summed E-state index contributed by atoms with van der Waals surface area (Å²) in [6, 6.07) is 0. The van der Waals surface area contributed by atoms with Gasteiger partial charge in [0.05, 0.1) is 0 Å². The Morgan fingerprint density at radius 2 is 0.818 bits per heavy atom. The summed E-state index contributed by atoms with van der Waals surface area (Å²) in [6.07, 6.45) is -12.7. The highest BCUT2D eigenvalue weighted by Crippen LogP contribution is 2.43. The third-order valence-corrected chi connectivity index (χ3v) is 0.751. The van der Waals surface area contributed by atoms with Crippen molar-refractivity contribution in [1.29, 1.82) is 0 Å². The van der Waals surface area contributed by atoms with Gasteiger partial charge in [-0.2, -0.15) is 30.7 Å². The second-order valence-electron chi connectivity index (χ2n) is 1.62. The van der Waals surface area contributed by atoms with Crippen molar-refractivity contribution in [2.24, 2.45) is 0 Å². The van der Waals surface area contributed by atoms with Gasteiger partial charge in [0.15, 0.2) is 0 Å². The summed E-state index contributed by atoms with van der Waals surface area (Å²) in [6.45, 7) is 0. The molecule has 0 aliphatic carbocycles. The molecule has 0 heterocycles. The maximum absolute atomic E-state index is 11.4. The van der Waals surface area contributed by atoms with E-state index in [2.05, 4.69) is 0 Å². The predicted molar refractivity (Wildman–Crippen MR) is 18.2 cm³/mol. The molecule has 0 aromatic heterocycles. The van der Waals surface area contributed by atoms with Crippen LogP contribution in [0.3, 0.4) is 0 Å². The molecule has 0 atom stereocenters. The van der Waals surface area contributed by atoms with Crippen LogP contribution < -0.4 is 0 Å². The second kappa shape index (κ2) is 2.23. The van der Waals surface area contributed by atoms with E-state index in [-0.39, 0.29) is 0 Å². The third-order valence-electron chi connectivity index (χ3n) is 0.751. The van der Waals surface area contributed by atoms with E-state index < -0.39 is 18.2 Å². The highest BCUT2D eigenvalue weighted by atomic mass is 19.4. The summed E-state index contributed by atoms with van der Waals surface area (Å²) in [4.78, 5) is 0. The van der Waals surface area contributed by atoms with Crippen LogP contribution in [0.15, 0.2) is 0 Å². The fourth-order valence-electron chi connectivity index (χ4n) is 0.161. The van der Waals surface area contributed by atoms with Crippen LogP contribution in [0.5, 0.6) is 0 Å². The highest BCUT2D eigenvalue weighted by Gasteiger charge is 2.72. The molecular formula is C3HF7O. The average molecular weight is 186 g/mol. The van der Waals surface area contributed by atoms with Crippen molar-refractivity contribution < 1.29 is 35.8 Å². The molecule has 68 valence electrons. The maximum atomic E-state index is 11.4. The SMILES string of the molecule is OC(F)(C(F)(F)F)C(F)(F)F. The van der Waals surface area contributed by atoms with Gasteiger partial charge in [-0.05, 0) is 0 Å². The Bertz CT molecular complexity index is 125. The quantitative estimate of drug-likeness (QED) is 0.571. The molecule has 0 aromatic rings. The van der Waals surface area contributed by atoms with Crippen LogP contribution in [0.1, 0.15) is 0 Å². The molecule has 0 aromatic carbocycles. The number of hydrogen-bond donors (Lipinski definition) is 1. The Morgan fingerprint density at radius 1 is 0.636 bits per heavy atom. The standard InChI is InChI=1S/C3HF7O/c4-1(11,2(5,6)7)3(8,9)10/h11H. The number of aliphatic hydroxyl groups is 1. The van der Waals surface area contributed by atoms with Crippen molar-refractivity contribution in [2.75, 3.05) is 0 Å². The van der Waals surface area contributed by atoms with E-state index >= 15 is 0 Å². The summed E-state index contributed by atoms with van der Waals surface area (Å²) in [5, 5.41) is 7.27. The smallest absolute Gasteiger partial charge is 0.348 e. The lowest BCUT2D eigenvalue weighted by Crippen LogP contribution is -2.52. The molecular weight excluding hydrogens is 185 g/mol. The van der Waals surface area contributed by atoms with E-state index in [4.69, 9.17) is 5.11 Å². The summed E-state index contributed by atoms with van der Waals surface area (Å²) in [5.41, 5.74) is 0. The molecule has 0 fully saturated rings. The van der Waals surface area contributed by atoms with E-state index in [0.717, 1.165) is 0 Å². The Labute approximate surface area is 55.4 Å². The molecule has 0 radical (unpaired) electrons. The molecule has 0 rings (SSSR count). The summed E-state index contributed by atoms with van der Waals surface area (Å²) in [5.74, 6) is -6.12. The number of rotatable bonds is 0. The second-order valence-corrected chi connectivity index (χ2v) is 1.62. The minimum Gasteiger partial charge on any atom is -0.348 e. The van der Waals surface area contributed by atoms with Crippen molar-refractivity contribution in [3.63, 3.8) is 0 Å². The molecule has 1 N–H and O–H groups in total. The van der Waals surface area contributed by atoms with Gasteiger partial charge in [0, 0.05) is 0 Å². The van der Waals surface area contributed by atoms with Crippen molar-refractivity contribution in [3.05, 3.63) is 0 Å². The first kappa shape index (κ1) is 10.5.